The Kier molecular flexibility index (Phi) is 4.66. The van der Waals surface area contributed by atoms with Crippen LogP contribution in [0.3, 0.4) is 0 Å². The van der Waals surface area contributed by atoms with Gasteiger partial charge in [0, 0.05) is 5.92 Å². The Balaban J connectivity index is 2.49. The lowest BCUT2D eigenvalue weighted by molar-refractivity contribution is 0.410. The van der Waals surface area contributed by atoms with Crippen LogP contribution in [-0.4, -0.2) is 11.5 Å². The molecule has 1 atom stereocenters. The van der Waals surface area contributed by atoms with E-state index in [2.05, 4.69) is 31.1 Å². The van der Waals surface area contributed by atoms with Crippen molar-refractivity contribution in [3.05, 3.63) is 17.8 Å². The highest BCUT2D eigenvalue weighted by molar-refractivity contribution is 5.00. The van der Waals surface area contributed by atoms with Gasteiger partial charge in [-0.15, -0.1) is 0 Å². The quantitative estimate of drug-likeness (QED) is 0.760. The van der Waals surface area contributed by atoms with Crippen molar-refractivity contribution in [2.75, 3.05) is 6.54 Å². The molecule has 0 aliphatic carbocycles. The lowest BCUT2D eigenvalue weighted by Crippen LogP contribution is -2.11. The number of hydrogen-bond acceptors (Lipinski definition) is 3. The van der Waals surface area contributed by atoms with Gasteiger partial charge in [0.05, 0.1) is 12.7 Å². The molecule has 1 aromatic rings. The van der Waals surface area contributed by atoms with Gasteiger partial charge in [0.1, 0.15) is 5.76 Å². The fourth-order valence-electron chi connectivity index (χ4n) is 1.44. The number of rotatable bonds is 6. The summed E-state index contributed by atoms with van der Waals surface area (Å²) in [6, 6.07) is 0. The van der Waals surface area contributed by atoms with Gasteiger partial charge in [-0.3, -0.25) is 0 Å². The Morgan fingerprint density at radius 2 is 2.29 bits per heavy atom. The highest BCUT2D eigenvalue weighted by Crippen LogP contribution is 2.20. The van der Waals surface area contributed by atoms with Crippen LogP contribution in [0.2, 0.25) is 0 Å². The average Bonchev–Trinajstić information content (AvgIpc) is 2.63. The summed E-state index contributed by atoms with van der Waals surface area (Å²) in [6.07, 6.45) is 4.20. The molecule has 0 aromatic carbocycles. The standard InChI is InChI=1S/C11H20N2O/c1-4-6-9(3)10-7-13-11(14-10)8-12-5-2/h7,9,12H,4-6,8H2,1-3H3. The fraction of sp³-hybridized carbons (Fsp3) is 0.727. The number of nitrogens with one attached hydrogen (secondary N) is 1. The molecule has 1 N–H and O–H groups in total. The van der Waals surface area contributed by atoms with Gasteiger partial charge < -0.3 is 9.73 Å². The van der Waals surface area contributed by atoms with Crippen molar-refractivity contribution in [1.82, 2.24) is 10.3 Å². The van der Waals surface area contributed by atoms with Crippen LogP contribution in [0.25, 0.3) is 0 Å². The molecule has 0 saturated heterocycles. The largest absolute Gasteiger partial charge is 0.444 e. The smallest absolute Gasteiger partial charge is 0.208 e. The van der Waals surface area contributed by atoms with Crippen molar-refractivity contribution < 1.29 is 4.42 Å². The van der Waals surface area contributed by atoms with E-state index >= 15 is 0 Å². The molecule has 0 spiro atoms. The number of nitrogens with zero attached hydrogens (tertiary/aromatic N) is 1. The first-order valence-corrected chi connectivity index (χ1v) is 5.43. The maximum atomic E-state index is 5.63. The zero-order chi connectivity index (χ0) is 10.4. The van der Waals surface area contributed by atoms with E-state index in [9.17, 15) is 0 Å². The van der Waals surface area contributed by atoms with Gasteiger partial charge in [-0.05, 0) is 13.0 Å². The maximum Gasteiger partial charge on any atom is 0.208 e. The second-order valence-electron chi connectivity index (χ2n) is 3.63. The summed E-state index contributed by atoms with van der Waals surface area (Å²) in [6.45, 7) is 8.12. The molecule has 14 heavy (non-hydrogen) atoms. The van der Waals surface area contributed by atoms with Crippen molar-refractivity contribution in [3.8, 4) is 0 Å². The molecule has 1 aromatic heterocycles. The zero-order valence-electron chi connectivity index (χ0n) is 9.34. The summed E-state index contributed by atoms with van der Waals surface area (Å²) in [5.74, 6) is 2.30. The second-order valence-corrected chi connectivity index (χ2v) is 3.63. The Morgan fingerprint density at radius 1 is 1.50 bits per heavy atom. The van der Waals surface area contributed by atoms with Crippen molar-refractivity contribution in [2.24, 2.45) is 0 Å². The van der Waals surface area contributed by atoms with Crippen molar-refractivity contribution in [2.45, 2.75) is 46.1 Å². The van der Waals surface area contributed by atoms with Gasteiger partial charge in [-0.25, -0.2) is 4.98 Å². The van der Waals surface area contributed by atoms with Gasteiger partial charge in [0.25, 0.3) is 0 Å². The molecule has 80 valence electrons. The predicted octanol–water partition coefficient (Wildman–Crippen LogP) is 2.69. The van der Waals surface area contributed by atoms with Crippen LogP contribution >= 0.6 is 0 Å². The minimum atomic E-state index is 0.489. The number of hydrogen-bond donors (Lipinski definition) is 1. The minimum absolute atomic E-state index is 0.489. The van der Waals surface area contributed by atoms with Crippen molar-refractivity contribution >= 4 is 0 Å². The van der Waals surface area contributed by atoms with Gasteiger partial charge in [-0.2, -0.15) is 0 Å². The normalized spacial score (nSPS) is 13.1. The van der Waals surface area contributed by atoms with Crippen LogP contribution in [0.4, 0.5) is 0 Å². The number of oxazole rings is 1. The molecule has 0 fully saturated rings. The molecule has 1 heterocycles. The second kappa shape index (κ2) is 5.81. The summed E-state index contributed by atoms with van der Waals surface area (Å²) in [4.78, 5) is 4.23. The monoisotopic (exact) mass is 196 g/mol. The van der Waals surface area contributed by atoms with Crippen LogP contribution < -0.4 is 5.32 Å². The first kappa shape index (κ1) is 11.2. The molecule has 0 bridgehead atoms. The molecule has 1 rings (SSSR count). The van der Waals surface area contributed by atoms with E-state index in [1.807, 2.05) is 6.20 Å². The summed E-state index contributed by atoms with van der Waals surface area (Å²) in [7, 11) is 0. The molecule has 0 aliphatic heterocycles. The van der Waals surface area contributed by atoms with Gasteiger partial charge in [0.15, 0.2) is 0 Å². The van der Waals surface area contributed by atoms with E-state index in [1.54, 1.807) is 0 Å². The molecule has 0 aliphatic rings. The predicted molar refractivity (Wildman–Crippen MR) is 57.2 cm³/mol. The highest BCUT2D eigenvalue weighted by Gasteiger charge is 2.10. The van der Waals surface area contributed by atoms with E-state index in [0.717, 1.165) is 31.2 Å². The van der Waals surface area contributed by atoms with E-state index in [0.29, 0.717) is 5.92 Å². The Morgan fingerprint density at radius 3 is 2.93 bits per heavy atom. The number of aromatic nitrogens is 1. The molecular formula is C11H20N2O. The van der Waals surface area contributed by atoms with Gasteiger partial charge in [0.2, 0.25) is 5.89 Å². The molecule has 1 unspecified atom stereocenters. The highest BCUT2D eigenvalue weighted by atomic mass is 16.4. The topological polar surface area (TPSA) is 38.1 Å². The van der Waals surface area contributed by atoms with Gasteiger partial charge >= 0.3 is 0 Å². The Bertz CT molecular complexity index is 258. The van der Waals surface area contributed by atoms with E-state index < -0.39 is 0 Å². The molecule has 0 radical (unpaired) electrons. The SMILES string of the molecule is CCCC(C)c1cnc(CNCC)o1. The van der Waals surface area contributed by atoms with E-state index in [-0.39, 0.29) is 0 Å². The van der Waals surface area contributed by atoms with E-state index in [1.165, 1.54) is 6.42 Å². The third-order valence-electron chi connectivity index (χ3n) is 2.31. The fourth-order valence-corrected chi connectivity index (χ4v) is 1.44. The first-order chi connectivity index (χ1) is 6.77. The Hall–Kier alpha value is -0.830. The molecular weight excluding hydrogens is 176 g/mol. The lowest BCUT2D eigenvalue weighted by atomic mass is 10.0. The molecule has 3 nitrogen and oxygen atoms in total. The zero-order valence-corrected chi connectivity index (χ0v) is 9.34. The maximum absolute atomic E-state index is 5.63. The van der Waals surface area contributed by atoms with Crippen LogP contribution in [0.15, 0.2) is 10.6 Å². The molecule has 0 saturated carbocycles. The summed E-state index contributed by atoms with van der Waals surface area (Å²) in [5.41, 5.74) is 0. The third-order valence-corrected chi connectivity index (χ3v) is 2.31. The van der Waals surface area contributed by atoms with E-state index in [4.69, 9.17) is 4.42 Å². The van der Waals surface area contributed by atoms with Crippen LogP contribution in [0.5, 0.6) is 0 Å². The first-order valence-electron chi connectivity index (χ1n) is 5.43. The van der Waals surface area contributed by atoms with Crippen LogP contribution in [0, 0.1) is 0 Å². The summed E-state index contributed by atoms with van der Waals surface area (Å²) >= 11 is 0. The van der Waals surface area contributed by atoms with Crippen molar-refractivity contribution in [3.63, 3.8) is 0 Å². The lowest BCUT2D eigenvalue weighted by Gasteiger charge is -2.04. The minimum Gasteiger partial charge on any atom is -0.444 e. The van der Waals surface area contributed by atoms with Crippen LogP contribution in [0.1, 0.15) is 51.2 Å². The summed E-state index contributed by atoms with van der Waals surface area (Å²) < 4.78 is 5.63. The van der Waals surface area contributed by atoms with Crippen molar-refractivity contribution in [1.29, 1.82) is 0 Å². The average molecular weight is 196 g/mol. The molecule has 0 amide bonds. The molecule has 3 heteroatoms. The summed E-state index contributed by atoms with van der Waals surface area (Å²) in [5, 5.41) is 3.19. The van der Waals surface area contributed by atoms with Gasteiger partial charge in [-0.1, -0.05) is 27.2 Å². The third kappa shape index (κ3) is 3.14. The van der Waals surface area contributed by atoms with Crippen LogP contribution in [-0.2, 0) is 6.54 Å². The Labute approximate surface area is 85.9 Å².